The highest BCUT2D eigenvalue weighted by molar-refractivity contribution is 5.64. The second-order valence-electron chi connectivity index (χ2n) is 9.13. The molecule has 4 nitrogen and oxygen atoms in total. The smallest absolute Gasteiger partial charge is 0.118 e. The number of aryl methyl sites for hydroxylation is 1. The standard InChI is InChI=1S/C31H41N3O/c1-5-21-34(6-2)22-7-8-30(32)31(33-28-17-9-24(3)10-18-28)23-25-11-13-26(14-12-25)27-15-19-29(35-4)20-16-27/h9-20,33H,5-8,21-23,32H2,1-4H3/b31-30-. The molecule has 0 aliphatic rings. The van der Waals surface area contributed by atoms with Crippen LogP contribution in [0.25, 0.3) is 11.1 Å². The summed E-state index contributed by atoms with van der Waals surface area (Å²) in [5, 5.41) is 3.62. The Hall–Kier alpha value is -3.24. The maximum Gasteiger partial charge on any atom is 0.118 e. The maximum absolute atomic E-state index is 6.68. The van der Waals surface area contributed by atoms with Crippen molar-refractivity contribution in [3.05, 3.63) is 95.3 Å². The van der Waals surface area contributed by atoms with Crippen LogP contribution in [0.15, 0.2) is 84.2 Å². The number of nitrogens with zero attached hydrogens (tertiary/aromatic N) is 1. The Bertz CT molecular complexity index is 1050. The molecule has 0 aromatic heterocycles. The average Bonchev–Trinajstić information content (AvgIpc) is 2.89. The minimum atomic E-state index is 0.773. The Morgan fingerprint density at radius 2 is 1.49 bits per heavy atom. The van der Waals surface area contributed by atoms with Crippen LogP contribution in [0, 0.1) is 6.92 Å². The van der Waals surface area contributed by atoms with Crippen LogP contribution in [0.5, 0.6) is 5.75 Å². The van der Waals surface area contributed by atoms with Gasteiger partial charge in [-0.3, -0.25) is 0 Å². The molecule has 0 fully saturated rings. The summed E-state index contributed by atoms with van der Waals surface area (Å²) in [5.41, 5.74) is 14.6. The molecule has 186 valence electrons. The van der Waals surface area contributed by atoms with Crippen LogP contribution in [0.1, 0.15) is 44.2 Å². The van der Waals surface area contributed by atoms with Gasteiger partial charge in [0.1, 0.15) is 5.75 Å². The quantitative estimate of drug-likeness (QED) is 0.282. The summed E-state index contributed by atoms with van der Waals surface area (Å²) in [6, 6.07) is 25.4. The fourth-order valence-electron chi connectivity index (χ4n) is 4.24. The molecular formula is C31H41N3O. The van der Waals surface area contributed by atoms with Gasteiger partial charge in [-0.05, 0) is 86.8 Å². The molecule has 35 heavy (non-hydrogen) atoms. The number of allylic oxidation sites excluding steroid dienone is 2. The molecule has 3 rings (SSSR count). The Kier molecular flexibility index (Phi) is 10.2. The van der Waals surface area contributed by atoms with E-state index in [1.165, 1.54) is 28.7 Å². The zero-order valence-corrected chi connectivity index (χ0v) is 21.8. The summed E-state index contributed by atoms with van der Waals surface area (Å²) in [7, 11) is 1.69. The van der Waals surface area contributed by atoms with Crippen LogP contribution in [0.3, 0.4) is 0 Å². The molecule has 4 heteroatoms. The molecule has 3 N–H and O–H groups in total. The van der Waals surface area contributed by atoms with E-state index in [1.807, 2.05) is 12.1 Å². The minimum Gasteiger partial charge on any atom is -0.497 e. The lowest BCUT2D eigenvalue weighted by Gasteiger charge is -2.20. The van der Waals surface area contributed by atoms with Crippen molar-refractivity contribution in [3.63, 3.8) is 0 Å². The van der Waals surface area contributed by atoms with Gasteiger partial charge in [0.25, 0.3) is 0 Å². The molecule has 0 atom stereocenters. The lowest BCUT2D eigenvalue weighted by atomic mass is 10.0. The molecule has 0 heterocycles. The lowest BCUT2D eigenvalue weighted by Crippen LogP contribution is -2.25. The summed E-state index contributed by atoms with van der Waals surface area (Å²) in [4.78, 5) is 2.50. The van der Waals surface area contributed by atoms with Gasteiger partial charge in [-0.1, -0.05) is 67.9 Å². The first kappa shape index (κ1) is 26.4. The van der Waals surface area contributed by atoms with Gasteiger partial charge in [0, 0.05) is 23.5 Å². The Morgan fingerprint density at radius 1 is 0.857 bits per heavy atom. The van der Waals surface area contributed by atoms with Gasteiger partial charge in [-0.25, -0.2) is 0 Å². The topological polar surface area (TPSA) is 50.5 Å². The van der Waals surface area contributed by atoms with Gasteiger partial charge in [0.15, 0.2) is 0 Å². The van der Waals surface area contributed by atoms with Crippen molar-refractivity contribution < 1.29 is 4.74 Å². The summed E-state index contributed by atoms with van der Waals surface area (Å²) >= 11 is 0. The monoisotopic (exact) mass is 471 g/mol. The van der Waals surface area contributed by atoms with Crippen LogP contribution in [-0.4, -0.2) is 31.6 Å². The van der Waals surface area contributed by atoms with E-state index in [0.29, 0.717) is 0 Å². The Morgan fingerprint density at radius 3 is 2.06 bits per heavy atom. The van der Waals surface area contributed by atoms with Crippen molar-refractivity contribution in [2.45, 2.75) is 46.5 Å². The van der Waals surface area contributed by atoms with E-state index in [9.17, 15) is 0 Å². The van der Waals surface area contributed by atoms with E-state index in [2.05, 4.69) is 91.7 Å². The number of nitrogens with one attached hydrogen (secondary N) is 1. The number of benzene rings is 3. The molecule has 0 aliphatic carbocycles. The summed E-state index contributed by atoms with van der Waals surface area (Å²) in [6.07, 6.45) is 3.91. The second kappa shape index (κ2) is 13.6. The number of nitrogens with two attached hydrogens (primary N) is 1. The summed E-state index contributed by atoms with van der Waals surface area (Å²) in [5.74, 6) is 0.870. The minimum absolute atomic E-state index is 0.773. The number of rotatable bonds is 13. The van der Waals surface area contributed by atoms with Gasteiger partial charge < -0.3 is 20.7 Å². The van der Waals surface area contributed by atoms with Crippen molar-refractivity contribution in [2.24, 2.45) is 5.73 Å². The van der Waals surface area contributed by atoms with Crippen LogP contribution in [0.2, 0.25) is 0 Å². The first-order valence-electron chi connectivity index (χ1n) is 12.8. The fourth-order valence-corrected chi connectivity index (χ4v) is 4.24. The normalized spacial score (nSPS) is 11.9. The third-order valence-electron chi connectivity index (χ3n) is 6.40. The van der Waals surface area contributed by atoms with Gasteiger partial charge in [-0.2, -0.15) is 0 Å². The van der Waals surface area contributed by atoms with E-state index in [-0.39, 0.29) is 0 Å². The molecule has 0 aliphatic heterocycles. The van der Waals surface area contributed by atoms with Crippen molar-refractivity contribution in [1.82, 2.24) is 4.90 Å². The highest BCUT2D eigenvalue weighted by atomic mass is 16.5. The third-order valence-corrected chi connectivity index (χ3v) is 6.40. The first-order chi connectivity index (χ1) is 17.0. The molecule has 0 unspecified atom stereocenters. The molecule has 0 bridgehead atoms. The largest absolute Gasteiger partial charge is 0.497 e. The molecule has 0 spiro atoms. The number of methoxy groups -OCH3 is 1. The molecule has 0 saturated carbocycles. The predicted octanol–water partition coefficient (Wildman–Crippen LogP) is 7.01. The number of hydrogen-bond donors (Lipinski definition) is 2. The maximum atomic E-state index is 6.68. The highest BCUT2D eigenvalue weighted by Crippen LogP contribution is 2.24. The summed E-state index contributed by atoms with van der Waals surface area (Å²) in [6.45, 7) is 9.89. The van der Waals surface area contributed by atoms with Crippen molar-refractivity contribution in [2.75, 3.05) is 32.1 Å². The molecular weight excluding hydrogens is 430 g/mol. The van der Waals surface area contributed by atoms with Gasteiger partial charge in [0.2, 0.25) is 0 Å². The van der Waals surface area contributed by atoms with Crippen LogP contribution < -0.4 is 15.8 Å². The zero-order valence-electron chi connectivity index (χ0n) is 21.8. The lowest BCUT2D eigenvalue weighted by molar-refractivity contribution is 0.285. The highest BCUT2D eigenvalue weighted by Gasteiger charge is 2.09. The number of anilines is 1. The molecule has 3 aromatic rings. The molecule has 0 amide bonds. The van der Waals surface area contributed by atoms with E-state index >= 15 is 0 Å². The summed E-state index contributed by atoms with van der Waals surface area (Å²) < 4.78 is 5.28. The van der Waals surface area contributed by atoms with Gasteiger partial charge >= 0.3 is 0 Å². The van der Waals surface area contributed by atoms with Crippen LogP contribution >= 0.6 is 0 Å². The van der Waals surface area contributed by atoms with E-state index in [1.54, 1.807) is 7.11 Å². The number of ether oxygens (including phenoxy) is 1. The average molecular weight is 472 g/mol. The molecule has 0 saturated heterocycles. The molecule has 0 radical (unpaired) electrons. The predicted molar refractivity (Wildman–Crippen MR) is 150 cm³/mol. The number of hydrogen-bond acceptors (Lipinski definition) is 4. The van der Waals surface area contributed by atoms with Crippen LogP contribution in [0.4, 0.5) is 5.69 Å². The molecule has 3 aromatic carbocycles. The zero-order chi connectivity index (χ0) is 25.0. The SMILES string of the molecule is CCCN(CC)CCC/C(N)=C(\Cc1ccc(-c2ccc(OC)cc2)cc1)Nc1ccc(C)cc1. The van der Waals surface area contributed by atoms with Crippen LogP contribution in [-0.2, 0) is 6.42 Å². The van der Waals surface area contributed by atoms with Crippen molar-refractivity contribution in [1.29, 1.82) is 0 Å². The second-order valence-corrected chi connectivity index (χ2v) is 9.13. The first-order valence-corrected chi connectivity index (χ1v) is 12.8. The van der Waals surface area contributed by atoms with E-state index in [4.69, 9.17) is 10.5 Å². The van der Waals surface area contributed by atoms with Crippen molar-refractivity contribution >= 4 is 5.69 Å². The van der Waals surface area contributed by atoms with Crippen molar-refractivity contribution in [3.8, 4) is 16.9 Å². The van der Waals surface area contributed by atoms with Gasteiger partial charge in [-0.15, -0.1) is 0 Å². The van der Waals surface area contributed by atoms with E-state index < -0.39 is 0 Å². The fraction of sp³-hybridized carbons (Fsp3) is 0.355. The Balaban J connectivity index is 1.74. The van der Waals surface area contributed by atoms with E-state index in [0.717, 1.165) is 61.7 Å². The third kappa shape index (κ3) is 8.18. The van der Waals surface area contributed by atoms with Gasteiger partial charge in [0.05, 0.1) is 7.11 Å². The Labute approximate surface area is 211 Å².